The fourth-order valence-electron chi connectivity index (χ4n) is 2.00. The number of benzene rings is 1. The zero-order chi connectivity index (χ0) is 15.7. The van der Waals surface area contributed by atoms with Crippen LogP contribution in [0.5, 0.6) is 0 Å². The number of rotatable bonds is 3. The monoisotopic (exact) mass is 325 g/mol. The first-order valence-electron chi connectivity index (χ1n) is 6.15. The highest BCUT2D eigenvalue weighted by molar-refractivity contribution is 7.89. The van der Waals surface area contributed by atoms with Crippen molar-refractivity contribution in [1.82, 2.24) is 4.31 Å². The van der Waals surface area contributed by atoms with Crippen molar-refractivity contribution in [1.29, 1.82) is 0 Å². The molecule has 1 aromatic carbocycles. The molecular formula is C12H14F3NO4S. The number of nitrogens with zero attached hydrogens (tertiary/aromatic N) is 1. The van der Waals surface area contributed by atoms with E-state index >= 15 is 0 Å². The molecule has 0 aromatic heterocycles. The third-order valence-electron chi connectivity index (χ3n) is 3.10. The summed E-state index contributed by atoms with van der Waals surface area (Å²) in [5.74, 6) is 0. The Hall–Kier alpha value is -1.16. The average molecular weight is 325 g/mol. The maximum atomic E-state index is 12.7. The molecule has 9 heteroatoms. The van der Waals surface area contributed by atoms with Gasteiger partial charge in [0.15, 0.2) is 0 Å². The maximum Gasteiger partial charge on any atom is 0.416 e. The molecule has 0 aliphatic carbocycles. The number of alkyl halides is 3. The second-order valence-electron chi connectivity index (χ2n) is 4.56. The van der Waals surface area contributed by atoms with Gasteiger partial charge in [-0.15, -0.1) is 0 Å². The lowest BCUT2D eigenvalue weighted by Crippen LogP contribution is -2.46. The number of hydrogen-bond donors (Lipinski definition) is 1. The lowest BCUT2D eigenvalue weighted by atomic mass is 10.2. The van der Waals surface area contributed by atoms with Crippen LogP contribution < -0.4 is 0 Å². The molecule has 0 saturated carbocycles. The Labute approximate surface area is 120 Å². The fourth-order valence-corrected chi connectivity index (χ4v) is 3.50. The Balaban J connectivity index is 2.31. The van der Waals surface area contributed by atoms with Gasteiger partial charge in [-0.05, 0) is 18.2 Å². The second kappa shape index (κ2) is 5.91. The minimum Gasteiger partial charge on any atom is -0.394 e. The Bertz CT molecular complexity index is 603. The highest BCUT2D eigenvalue weighted by Crippen LogP contribution is 2.31. The van der Waals surface area contributed by atoms with Crippen molar-refractivity contribution >= 4 is 10.0 Å². The topological polar surface area (TPSA) is 66.8 Å². The lowest BCUT2D eigenvalue weighted by molar-refractivity contribution is -0.137. The van der Waals surface area contributed by atoms with E-state index in [4.69, 9.17) is 9.84 Å². The molecule has 1 saturated heterocycles. The molecule has 1 atom stereocenters. The molecule has 1 aromatic rings. The van der Waals surface area contributed by atoms with E-state index in [-0.39, 0.29) is 26.3 Å². The molecular weight excluding hydrogens is 311 g/mol. The van der Waals surface area contributed by atoms with Crippen molar-refractivity contribution in [2.45, 2.75) is 17.2 Å². The first kappa shape index (κ1) is 16.2. The van der Waals surface area contributed by atoms with Gasteiger partial charge in [0.05, 0.1) is 29.8 Å². The number of ether oxygens (including phenoxy) is 1. The number of aliphatic hydroxyl groups is 1. The Morgan fingerprint density at radius 3 is 2.71 bits per heavy atom. The molecule has 1 aliphatic rings. The summed E-state index contributed by atoms with van der Waals surface area (Å²) in [5, 5.41) is 9.00. The van der Waals surface area contributed by atoms with Gasteiger partial charge < -0.3 is 9.84 Å². The molecule has 0 radical (unpaired) electrons. The molecule has 0 amide bonds. The van der Waals surface area contributed by atoms with E-state index in [9.17, 15) is 21.6 Å². The van der Waals surface area contributed by atoms with Gasteiger partial charge in [-0.1, -0.05) is 6.07 Å². The number of hydrogen-bond acceptors (Lipinski definition) is 4. The van der Waals surface area contributed by atoms with Crippen LogP contribution in [0, 0.1) is 0 Å². The van der Waals surface area contributed by atoms with Crippen LogP contribution in [-0.4, -0.2) is 50.2 Å². The van der Waals surface area contributed by atoms with Crippen LogP contribution in [0.1, 0.15) is 5.56 Å². The van der Waals surface area contributed by atoms with Crippen LogP contribution in [0.4, 0.5) is 13.2 Å². The molecule has 1 aliphatic heterocycles. The van der Waals surface area contributed by atoms with E-state index in [1.807, 2.05) is 0 Å². The first-order chi connectivity index (χ1) is 9.75. The second-order valence-corrected chi connectivity index (χ2v) is 6.50. The summed E-state index contributed by atoms with van der Waals surface area (Å²) in [4.78, 5) is -0.420. The molecule has 1 fully saturated rings. The summed E-state index contributed by atoms with van der Waals surface area (Å²) >= 11 is 0. The summed E-state index contributed by atoms with van der Waals surface area (Å²) < 4.78 is 68.8. The highest BCUT2D eigenvalue weighted by Gasteiger charge is 2.34. The number of aliphatic hydroxyl groups excluding tert-OH is 1. The maximum absolute atomic E-state index is 12.7. The molecule has 1 heterocycles. The number of morpholine rings is 1. The third-order valence-corrected chi connectivity index (χ3v) is 4.97. The Morgan fingerprint density at radius 2 is 2.10 bits per heavy atom. The number of halogens is 3. The van der Waals surface area contributed by atoms with E-state index in [0.29, 0.717) is 6.07 Å². The van der Waals surface area contributed by atoms with Gasteiger partial charge in [0.2, 0.25) is 10.0 Å². The minimum atomic E-state index is -4.61. The molecule has 1 N–H and O–H groups in total. The van der Waals surface area contributed by atoms with Crippen LogP contribution >= 0.6 is 0 Å². The molecule has 5 nitrogen and oxygen atoms in total. The number of sulfonamides is 1. The van der Waals surface area contributed by atoms with E-state index in [1.54, 1.807) is 0 Å². The van der Waals surface area contributed by atoms with Crippen molar-refractivity contribution < 1.29 is 31.4 Å². The molecule has 21 heavy (non-hydrogen) atoms. The van der Waals surface area contributed by atoms with Gasteiger partial charge in [0, 0.05) is 13.1 Å². The van der Waals surface area contributed by atoms with Crippen molar-refractivity contribution in [3.63, 3.8) is 0 Å². The van der Waals surface area contributed by atoms with E-state index in [2.05, 4.69) is 0 Å². The summed E-state index contributed by atoms with van der Waals surface area (Å²) in [6, 6.07) is 3.60. The van der Waals surface area contributed by atoms with Gasteiger partial charge in [0.25, 0.3) is 0 Å². The summed E-state index contributed by atoms with van der Waals surface area (Å²) in [5.41, 5.74) is -1.02. The van der Waals surface area contributed by atoms with E-state index < -0.39 is 32.8 Å². The first-order valence-corrected chi connectivity index (χ1v) is 7.59. The predicted octanol–water partition coefficient (Wildman–Crippen LogP) is 1.09. The quantitative estimate of drug-likeness (QED) is 0.903. The molecule has 118 valence electrons. The largest absolute Gasteiger partial charge is 0.416 e. The van der Waals surface area contributed by atoms with Crippen molar-refractivity contribution in [2.75, 3.05) is 26.3 Å². The van der Waals surface area contributed by atoms with Gasteiger partial charge >= 0.3 is 6.18 Å². The molecule has 1 unspecified atom stereocenters. The van der Waals surface area contributed by atoms with Gasteiger partial charge in [-0.2, -0.15) is 17.5 Å². The smallest absolute Gasteiger partial charge is 0.394 e. The van der Waals surface area contributed by atoms with Crippen molar-refractivity contribution in [2.24, 2.45) is 0 Å². The average Bonchev–Trinajstić information content (AvgIpc) is 2.46. The SMILES string of the molecule is O=S(=O)(c1cccc(C(F)(F)F)c1)N1CCOC(CO)C1. The fraction of sp³-hybridized carbons (Fsp3) is 0.500. The van der Waals surface area contributed by atoms with Crippen molar-refractivity contribution in [3.8, 4) is 0 Å². The van der Waals surface area contributed by atoms with Crippen LogP contribution in [0.2, 0.25) is 0 Å². The Morgan fingerprint density at radius 1 is 1.38 bits per heavy atom. The predicted molar refractivity (Wildman–Crippen MR) is 67.0 cm³/mol. The minimum absolute atomic E-state index is 0.0368. The third kappa shape index (κ3) is 3.54. The van der Waals surface area contributed by atoms with Crippen molar-refractivity contribution in [3.05, 3.63) is 29.8 Å². The Kier molecular flexibility index (Phi) is 4.57. The van der Waals surface area contributed by atoms with Gasteiger partial charge in [-0.3, -0.25) is 0 Å². The van der Waals surface area contributed by atoms with Gasteiger partial charge in [-0.25, -0.2) is 8.42 Å². The van der Waals surface area contributed by atoms with Crippen LogP contribution in [-0.2, 0) is 20.9 Å². The summed E-state index contributed by atoms with van der Waals surface area (Å²) in [6.45, 7) is -0.317. The molecule has 2 rings (SSSR count). The lowest BCUT2D eigenvalue weighted by Gasteiger charge is -2.31. The summed E-state index contributed by atoms with van der Waals surface area (Å²) in [7, 11) is -4.05. The molecule has 0 bridgehead atoms. The normalized spacial score (nSPS) is 21.4. The standard InChI is InChI=1S/C12H14F3NO4S/c13-12(14,15)9-2-1-3-11(6-9)21(18,19)16-4-5-20-10(7-16)8-17/h1-3,6,10,17H,4-5,7-8H2. The van der Waals surface area contributed by atoms with Crippen LogP contribution in [0.25, 0.3) is 0 Å². The van der Waals surface area contributed by atoms with Gasteiger partial charge in [0.1, 0.15) is 0 Å². The highest BCUT2D eigenvalue weighted by atomic mass is 32.2. The van der Waals surface area contributed by atoms with Crippen LogP contribution in [0.15, 0.2) is 29.2 Å². The zero-order valence-corrected chi connectivity index (χ0v) is 11.7. The molecule has 0 spiro atoms. The van der Waals surface area contributed by atoms with Crippen LogP contribution in [0.3, 0.4) is 0 Å². The summed E-state index contributed by atoms with van der Waals surface area (Å²) in [6.07, 6.45) is -5.27. The van der Waals surface area contributed by atoms with E-state index in [1.165, 1.54) is 0 Å². The zero-order valence-electron chi connectivity index (χ0n) is 10.9. The van der Waals surface area contributed by atoms with E-state index in [0.717, 1.165) is 22.5 Å².